The topological polar surface area (TPSA) is 70.2 Å². The van der Waals surface area contributed by atoms with E-state index >= 15 is 0 Å². The maximum Gasteiger partial charge on any atom is 0.312 e. The molecule has 100 valence electrons. The second-order valence-electron chi connectivity index (χ2n) is 4.67. The highest BCUT2D eigenvalue weighted by Crippen LogP contribution is 2.35. The van der Waals surface area contributed by atoms with Crippen LogP contribution in [0.3, 0.4) is 0 Å². The van der Waals surface area contributed by atoms with Gasteiger partial charge in [-0.15, -0.1) is 0 Å². The summed E-state index contributed by atoms with van der Waals surface area (Å²) in [7, 11) is 1.63. The summed E-state index contributed by atoms with van der Waals surface area (Å²) in [5.74, 6) is -0.174. The quantitative estimate of drug-likeness (QED) is 0.601. The number of nitro groups is 1. The molecule has 0 bridgehead atoms. The van der Waals surface area contributed by atoms with Gasteiger partial charge in [0, 0.05) is 13.5 Å². The largest absolute Gasteiger partial charge is 0.372 e. The van der Waals surface area contributed by atoms with Gasteiger partial charge in [0.25, 0.3) is 0 Å². The monoisotopic (exact) mass is 257 g/mol. The van der Waals surface area contributed by atoms with E-state index in [2.05, 4.69) is 5.10 Å². The Kier molecular flexibility index (Phi) is 3.60. The Morgan fingerprint density at radius 3 is 3.06 bits per heavy atom. The van der Waals surface area contributed by atoms with E-state index in [4.69, 9.17) is 4.74 Å². The Labute approximate surface area is 104 Å². The molecule has 0 radical (unpaired) electrons. The lowest BCUT2D eigenvalue weighted by atomic mass is 9.96. The Morgan fingerprint density at radius 2 is 2.39 bits per heavy atom. The first-order valence-electron chi connectivity index (χ1n) is 5.92. The third-order valence-corrected chi connectivity index (χ3v) is 3.38. The van der Waals surface area contributed by atoms with Gasteiger partial charge in [0.1, 0.15) is 24.2 Å². The normalized spacial score (nSPS) is 28.9. The highest BCUT2D eigenvalue weighted by Gasteiger charge is 2.33. The molecule has 0 aliphatic carbocycles. The van der Waals surface area contributed by atoms with Crippen molar-refractivity contribution in [2.24, 2.45) is 13.0 Å². The zero-order valence-electron chi connectivity index (χ0n) is 10.4. The summed E-state index contributed by atoms with van der Waals surface area (Å²) in [6.45, 7) is 2.08. The molecule has 0 spiro atoms. The van der Waals surface area contributed by atoms with E-state index in [1.165, 1.54) is 10.9 Å². The smallest absolute Gasteiger partial charge is 0.312 e. The number of aryl methyl sites for hydroxylation is 1. The average Bonchev–Trinajstić information content (AvgIpc) is 2.61. The van der Waals surface area contributed by atoms with Crippen LogP contribution in [0.15, 0.2) is 6.20 Å². The van der Waals surface area contributed by atoms with Gasteiger partial charge in [-0.2, -0.15) is 5.10 Å². The highest BCUT2D eigenvalue weighted by atomic mass is 19.1. The van der Waals surface area contributed by atoms with Crippen LogP contribution >= 0.6 is 0 Å². The van der Waals surface area contributed by atoms with E-state index in [1.807, 2.05) is 0 Å². The molecule has 1 aliphatic rings. The van der Waals surface area contributed by atoms with Gasteiger partial charge in [-0.05, 0) is 12.3 Å². The zero-order valence-corrected chi connectivity index (χ0v) is 10.4. The minimum atomic E-state index is -0.915. The predicted molar refractivity (Wildman–Crippen MR) is 61.8 cm³/mol. The molecule has 0 amide bonds. The average molecular weight is 257 g/mol. The molecule has 2 rings (SSSR count). The molecule has 1 aromatic rings. The first-order valence-corrected chi connectivity index (χ1v) is 5.92. The second kappa shape index (κ2) is 5.01. The fraction of sp³-hybridized carbons (Fsp3) is 0.727. The Hall–Kier alpha value is -1.50. The zero-order chi connectivity index (χ0) is 13.3. The molecule has 1 fully saturated rings. The molecule has 2 heterocycles. The molecule has 3 atom stereocenters. The minimum absolute atomic E-state index is 0.0630. The van der Waals surface area contributed by atoms with Gasteiger partial charge in [-0.25, -0.2) is 4.39 Å². The van der Waals surface area contributed by atoms with E-state index in [0.29, 0.717) is 18.5 Å². The minimum Gasteiger partial charge on any atom is -0.372 e. The van der Waals surface area contributed by atoms with E-state index in [9.17, 15) is 14.5 Å². The van der Waals surface area contributed by atoms with Crippen LogP contribution in [0.2, 0.25) is 0 Å². The third kappa shape index (κ3) is 2.35. The lowest BCUT2D eigenvalue weighted by Crippen LogP contribution is -2.14. The number of ether oxygens (including phenoxy) is 1. The molecule has 1 aromatic heterocycles. The van der Waals surface area contributed by atoms with Gasteiger partial charge in [-0.3, -0.25) is 14.8 Å². The van der Waals surface area contributed by atoms with Crippen LogP contribution in [-0.2, 0) is 11.8 Å². The van der Waals surface area contributed by atoms with Gasteiger partial charge in [0.05, 0.1) is 11.5 Å². The van der Waals surface area contributed by atoms with E-state index in [0.717, 1.165) is 0 Å². The Balaban J connectivity index is 2.30. The third-order valence-electron chi connectivity index (χ3n) is 3.38. The number of halogens is 1. The van der Waals surface area contributed by atoms with Crippen molar-refractivity contribution in [1.29, 1.82) is 0 Å². The molecular weight excluding hydrogens is 241 g/mol. The summed E-state index contributed by atoms with van der Waals surface area (Å²) >= 11 is 0. The van der Waals surface area contributed by atoms with Crippen molar-refractivity contribution in [3.63, 3.8) is 0 Å². The van der Waals surface area contributed by atoms with Gasteiger partial charge in [0.2, 0.25) is 0 Å². The van der Waals surface area contributed by atoms with E-state index < -0.39 is 17.2 Å². The molecular formula is C11H16FN3O3. The first-order chi connectivity index (χ1) is 8.50. The molecule has 0 aromatic carbocycles. The SMILES string of the molecule is C[C@H]1CC(c2c([N+](=O)[O-])cnn2C)OCC[C@@H]1F. The summed E-state index contributed by atoms with van der Waals surface area (Å²) < 4.78 is 20.6. The van der Waals surface area contributed by atoms with Crippen LogP contribution in [0.25, 0.3) is 0 Å². The number of aromatic nitrogens is 2. The maximum atomic E-state index is 13.6. The standard InChI is InChI=1S/C11H16FN3O3/c1-7-5-10(18-4-3-8(7)12)11-9(15(16)17)6-13-14(11)2/h6-8,10H,3-5H2,1-2H3/t7-,8-,10?/m0/s1. The number of rotatable bonds is 2. The summed E-state index contributed by atoms with van der Waals surface area (Å²) in [6.07, 6.45) is 0.599. The van der Waals surface area contributed by atoms with Gasteiger partial charge in [-0.1, -0.05) is 6.92 Å². The van der Waals surface area contributed by atoms with Gasteiger partial charge in [0.15, 0.2) is 0 Å². The van der Waals surface area contributed by atoms with Crippen molar-refractivity contribution in [3.05, 3.63) is 22.0 Å². The Bertz CT molecular complexity index is 449. The predicted octanol–water partition coefficient (Wildman–Crippen LogP) is 2.15. The van der Waals surface area contributed by atoms with Gasteiger partial charge >= 0.3 is 5.69 Å². The Morgan fingerprint density at radius 1 is 1.67 bits per heavy atom. The second-order valence-corrected chi connectivity index (χ2v) is 4.67. The molecule has 1 unspecified atom stereocenters. The fourth-order valence-electron chi connectivity index (χ4n) is 2.30. The number of hydrogen-bond acceptors (Lipinski definition) is 4. The van der Waals surface area contributed by atoms with Crippen molar-refractivity contribution < 1.29 is 14.1 Å². The van der Waals surface area contributed by atoms with Crippen molar-refractivity contribution >= 4 is 5.69 Å². The lowest BCUT2D eigenvalue weighted by Gasteiger charge is -2.17. The van der Waals surface area contributed by atoms with Crippen LogP contribution in [0.1, 0.15) is 31.6 Å². The van der Waals surface area contributed by atoms with E-state index in [1.54, 1.807) is 14.0 Å². The summed E-state index contributed by atoms with van der Waals surface area (Å²) in [6, 6.07) is 0. The fourth-order valence-corrected chi connectivity index (χ4v) is 2.30. The molecule has 7 heteroatoms. The van der Waals surface area contributed by atoms with Crippen molar-refractivity contribution in [1.82, 2.24) is 9.78 Å². The van der Waals surface area contributed by atoms with E-state index in [-0.39, 0.29) is 18.2 Å². The van der Waals surface area contributed by atoms with Crippen LogP contribution < -0.4 is 0 Å². The number of alkyl halides is 1. The van der Waals surface area contributed by atoms with Crippen LogP contribution in [0, 0.1) is 16.0 Å². The summed E-state index contributed by atoms with van der Waals surface area (Å²) in [4.78, 5) is 10.5. The van der Waals surface area contributed by atoms with Crippen molar-refractivity contribution in [3.8, 4) is 0 Å². The van der Waals surface area contributed by atoms with Gasteiger partial charge < -0.3 is 4.74 Å². The summed E-state index contributed by atoms with van der Waals surface area (Å²) in [5, 5.41) is 14.8. The van der Waals surface area contributed by atoms with Crippen LogP contribution in [-0.4, -0.2) is 27.5 Å². The summed E-state index contributed by atoms with van der Waals surface area (Å²) in [5.41, 5.74) is 0.355. The van der Waals surface area contributed by atoms with Crippen LogP contribution in [0.4, 0.5) is 10.1 Å². The number of hydrogen-bond donors (Lipinski definition) is 0. The maximum absolute atomic E-state index is 13.6. The van der Waals surface area contributed by atoms with Crippen molar-refractivity contribution in [2.45, 2.75) is 32.0 Å². The number of nitrogens with zero attached hydrogens (tertiary/aromatic N) is 3. The molecule has 0 saturated carbocycles. The molecule has 6 nitrogen and oxygen atoms in total. The molecule has 1 aliphatic heterocycles. The highest BCUT2D eigenvalue weighted by molar-refractivity contribution is 5.34. The molecule has 0 N–H and O–H groups in total. The van der Waals surface area contributed by atoms with Crippen molar-refractivity contribution in [2.75, 3.05) is 6.61 Å². The first kappa shape index (κ1) is 12.9. The molecule has 1 saturated heterocycles. The lowest BCUT2D eigenvalue weighted by molar-refractivity contribution is -0.386. The van der Waals surface area contributed by atoms with Crippen LogP contribution in [0.5, 0.6) is 0 Å². The molecule has 18 heavy (non-hydrogen) atoms.